The molecule has 122 valence electrons. The molecule has 2 aromatic rings. The largest absolute Gasteiger partial charge is 0.497 e. The van der Waals surface area contributed by atoms with E-state index in [4.69, 9.17) is 14.2 Å². The Kier molecular flexibility index (Phi) is 6.00. The summed E-state index contributed by atoms with van der Waals surface area (Å²) in [7, 11) is 4.75. The summed E-state index contributed by atoms with van der Waals surface area (Å²) >= 11 is 0. The number of ether oxygens (including phenoxy) is 3. The van der Waals surface area contributed by atoms with Crippen molar-refractivity contribution in [1.82, 2.24) is 5.32 Å². The van der Waals surface area contributed by atoms with Crippen LogP contribution in [0.5, 0.6) is 11.5 Å². The first kappa shape index (κ1) is 16.8. The van der Waals surface area contributed by atoms with Crippen LogP contribution in [0.2, 0.25) is 0 Å². The van der Waals surface area contributed by atoms with Crippen LogP contribution in [0, 0.1) is 0 Å². The van der Waals surface area contributed by atoms with E-state index in [1.165, 1.54) is 7.11 Å². The van der Waals surface area contributed by atoms with Crippen molar-refractivity contribution in [2.24, 2.45) is 0 Å². The van der Waals surface area contributed by atoms with Crippen molar-refractivity contribution in [3.8, 4) is 11.5 Å². The summed E-state index contributed by atoms with van der Waals surface area (Å²) < 4.78 is 15.6. The van der Waals surface area contributed by atoms with Crippen molar-refractivity contribution < 1.29 is 19.0 Å². The summed E-state index contributed by atoms with van der Waals surface area (Å²) in [5.74, 6) is 0.924. The third-order valence-corrected chi connectivity index (χ3v) is 3.51. The molecule has 0 aliphatic heterocycles. The Hall–Kier alpha value is -2.53. The molecule has 2 aromatic carbocycles. The zero-order valence-electron chi connectivity index (χ0n) is 13.6. The summed E-state index contributed by atoms with van der Waals surface area (Å²) in [6.07, 6.45) is 0. The number of rotatable bonds is 7. The van der Waals surface area contributed by atoms with E-state index >= 15 is 0 Å². The maximum Gasteiger partial charge on any atom is 0.255 e. The van der Waals surface area contributed by atoms with Crippen molar-refractivity contribution >= 4 is 5.91 Å². The molecule has 0 fully saturated rings. The fraction of sp³-hybridized carbons (Fsp3) is 0.278. The van der Waals surface area contributed by atoms with Crippen LogP contribution < -0.4 is 14.8 Å². The minimum atomic E-state index is -0.197. The second-order valence-electron chi connectivity index (χ2n) is 4.95. The highest BCUT2D eigenvalue weighted by Crippen LogP contribution is 2.24. The van der Waals surface area contributed by atoms with Crippen molar-refractivity contribution in [2.45, 2.75) is 13.2 Å². The summed E-state index contributed by atoms with van der Waals surface area (Å²) in [5.41, 5.74) is 2.55. The van der Waals surface area contributed by atoms with E-state index in [0.29, 0.717) is 30.2 Å². The van der Waals surface area contributed by atoms with Crippen LogP contribution in [-0.2, 0) is 17.9 Å². The zero-order valence-corrected chi connectivity index (χ0v) is 13.6. The van der Waals surface area contributed by atoms with Gasteiger partial charge in [0, 0.05) is 19.7 Å². The fourth-order valence-corrected chi connectivity index (χ4v) is 2.28. The van der Waals surface area contributed by atoms with Crippen molar-refractivity contribution in [3.63, 3.8) is 0 Å². The number of hydrogen-bond donors (Lipinski definition) is 1. The van der Waals surface area contributed by atoms with Gasteiger partial charge in [-0.05, 0) is 23.3 Å². The summed E-state index contributed by atoms with van der Waals surface area (Å²) in [5, 5.41) is 2.91. The first-order chi connectivity index (χ1) is 11.2. The molecule has 0 heterocycles. The van der Waals surface area contributed by atoms with E-state index < -0.39 is 0 Å². The van der Waals surface area contributed by atoms with Gasteiger partial charge in [0.2, 0.25) is 0 Å². The molecule has 0 saturated carbocycles. The number of hydrogen-bond acceptors (Lipinski definition) is 4. The van der Waals surface area contributed by atoms with Crippen LogP contribution in [0.15, 0.2) is 42.5 Å². The quantitative estimate of drug-likeness (QED) is 0.853. The number of methoxy groups -OCH3 is 3. The molecule has 5 nitrogen and oxygen atoms in total. The van der Waals surface area contributed by atoms with Gasteiger partial charge in [-0.1, -0.05) is 24.3 Å². The number of nitrogens with one attached hydrogen (secondary N) is 1. The summed E-state index contributed by atoms with van der Waals surface area (Å²) in [6, 6.07) is 13.0. The topological polar surface area (TPSA) is 56.8 Å². The second kappa shape index (κ2) is 8.19. The molecule has 0 unspecified atom stereocenters. The monoisotopic (exact) mass is 315 g/mol. The molecule has 1 amide bonds. The maximum atomic E-state index is 12.4. The van der Waals surface area contributed by atoms with Gasteiger partial charge in [-0.25, -0.2) is 0 Å². The van der Waals surface area contributed by atoms with Gasteiger partial charge in [0.15, 0.2) is 0 Å². The molecule has 0 spiro atoms. The molecule has 23 heavy (non-hydrogen) atoms. The number of amides is 1. The van der Waals surface area contributed by atoms with Crippen LogP contribution >= 0.6 is 0 Å². The third kappa shape index (κ3) is 4.23. The highest BCUT2D eigenvalue weighted by atomic mass is 16.5. The van der Waals surface area contributed by atoms with Crippen LogP contribution in [0.4, 0.5) is 0 Å². The third-order valence-electron chi connectivity index (χ3n) is 3.51. The average molecular weight is 315 g/mol. The highest BCUT2D eigenvalue weighted by Gasteiger charge is 2.13. The van der Waals surface area contributed by atoms with Crippen molar-refractivity contribution in [3.05, 3.63) is 59.2 Å². The molecule has 0 aromatic heterocycles. The lowest BCUT2D eigenvalue weighted by molar-refractivity contribution is 0.0947. The number of carbonyl (C=O) groups excluding carboxylic acids is 1. The van der Waals surface area contributed by atoms with Gasteiger partial charge in [0.1, 0.15) is 11.5 Å². The zero-order chi connectivity index (χ0) is 16.7. The predicted octanol–water partition coefficient (Wildman–Crippen LogP) is 2.78. The van der Waals surface area contributed by atoms with Crippen LogP contribution in [0.1, 0.15) is 21.5 Å². The molecule has 0 atom stereocenters. The maximum absolute atomic E-state index is 12.4. The number of benzene rings is 2. The second-order valence-corrected chi connectivity index (χ2v) is 4.95. The van der Waals surface area contributed by atoms with Gasteiger partial charge < -0.3 is 19.5 Å². The van der Waals surface area contributed by atoms with Gasteiger partial charge >= 0.3 is 0 Å². The highest BCUT2D eigenvalue weighted by molar-refractivity contribution is 5.97. The van der Waals surface area contributed by atoms with Gasteiger partial charge in [-0.2, -0.15) is 0 Å². The molecule has 0 aliphatic rings. The predicted molar refractivity (Wildman–Crippen MR) is 87.9 cm³/mol. The normalized spacial score (nSPS) is 10.2. The molecule has 0 radical (unpaired) electrons. The average Bonchev–Trinajstić information content (AvgIpc) is 2.60. The van der Waals surface area contributed by atoms with Gasteiger partial charge in [-0.15, -0.1) is 0 Å². The van der Waals surface area contributed by atoms with E-state index in [-0.39, 0.29) is 5.91 Å². The van der Waals surface area contributed by atoms with Gasteiger partial charge in [0.25, 0.3) is 5.91 Å². The molecule has 5 heteroatoms. The molecular formula is C18H21NO4. The Morgan fingerprint density at radius 2 is 1.74 bits per heavy atom. The molecular weight excluding hydrogens is 294 g/mol. The summed E-state index contributed by atoms with van der Waals surface area (Å²) in [6.45, 7) is 0.936. The Balaban J connectivity index is 2.11. The summed E-state index contributed by atoms with van der Waals surface area (Å²) in [4.78, 5) is 12.4. The van der Waals surface area contributed by atoms with E-state index in [1.807, 2.05) is 24.3 Å². The Morgan fingerprint density at radius 3 is 2.39 bits per heavy atom. The van der Waals surface area contributed by atoms with E-state index in [1.54, 1.807) is 32.4 Å². The Labute approximate surface area is 136 Å². The lowest BCUT2D eigenvalue weighted by Gasteiger charge is -2.12. The lowest BCUT2D eigenvalue weighted by Crippen LogP contribution is -2.24. The van der Waals surface area contributed by atoms with Gasteiger partial charge in [0.05, 0.1) is 26.4 Å². The minimum Gasteiger partial charge on any atom is -0.497 e. The SMILES string of the molecule is COCc1ccccc1CNC(=O)c1ccc(OC)cc1OC. The molecule has 2 rings (SSSR count). The van der Waals surface area contributed by atoms with Crippen LogP contribution in [-0.4, -0.2) is 27.2 Å². The molecule has 0 aliphatic carbocycles. The van der Waals surface area contributed by atoms with Crippen molar-refractivity contribution in [1.29, 1.82) is 0 Å². The number of carbonyl (C=O) groups is 1. The first-order valence-corrected chi connectivity index (χ1v) is 7.25. The molecule has 1 N–H and O–H groups in total. The standard InChI is InChI=1S/C18H21NO4/c1-21-12-14-7-5-4-6-13(14)11-19-18(20)16-9-8-15(22-2)10-17(16)23-3/h4-10H,11-12H2,1-3H3,(H,19,20). The van der Waals surface area contributed by atoms with Crippen LogP contribution in [0.25, 0.3) is 0 Å². The Bertz CT molecular complexity index is 670. The smallest absolute Gasteiger partial charge is 0.255 e. The molecule has 0 bridgehead atoms. The minimum absolute atomic E-state index is 0.197. The van der Waals surface area contributed by atoms with E-state index in [0.717, 1.165) is 11.1 Å². The van der Waals surface area contributed by atoms with Crippen LogP contribution in [0.3, 0.4) is 0 Å². The molecule has 0 saturated heterocycles. The van der Waals surface area contributed by atoms with E-state index in [9.17, 15) is 4.79 Å². The van der Waals surface area contributed by atoms with Gasteiger partial charge in [-0.3, -0.25) is 4.79 Å². The first-order valence-electron chi connectivity index (χ1n) is 7.25. The Morgan fingerprint density at radius 1 is 1.00 bits per heavy atom. The fourth-order valence-electron chi connectivity index (χ4n) is 2.28. The lowest BCUT2D eigenvalue weighted by atomic mass is 10.1. The van der Waals surface area contributed by atoms with E-state index in [2.05, 4.69) is 5.32 Å². The van der Waals surface area contributed by atoms with Crippen molar-refractivity contribution in [2.75, 3.05) is 21.3 Å².